The molecule has 8 heteroatoms. The van der Waals surface area contributed by atoms with Gasteiger partial charge in [0.1, 0.15) is 18.1 Å². The third-order valence-corrected chi connectivity index (χ3v) is 3.66. The van der Waals surface area contributed by atoms with Gasteiger partial charge in [0.15, 0.2) is 5.96 Å². The van der Waals surface area contributed by atoms with Gasteiger partial charge in [-0.05, 0) is 45.7 Å². The number of rotatable bonds is 9. The number of halogens is 1. The van der Waals surface area contributed by atoms with Crippen LogP contribution in [0.1, 0.15) is 37.1 Å². The van der Waals surface area contributed by atoms with Gasteiger partial charge in [-0.3, -0.25) is 0 Å². The van der Waals surface area contributed by atoms with Gasteiger partial charge < -0.3 is 20.4 Å². The Bertz CT molecular complexity index is 639. The second kappa shape index (κ2) is 12.5. The van der Waals surface area contributed by atoms with E-state index < -0.39 is 0 Å². The second-order valence-electron chi connectivity index (χ2n) is 5.72. The summed E-state index contributed by atoms with van der Waals surface area (Å²) in [5, 5.41) is 9.88. The fourth-order valence-corrected chi connectivity index (χ4v) is 2.24. The summed E-state index contributed by atoms with van der Waals surface area (Å²) in [5.41, 5.74) is 0.920. The molecule has 0 aliphatic carbocycles. The highest BCUT2D eigenvalue weighted by molar-refractivity contribution is 14.0. The lowest BCUT2D eigenvalue weighted by molar-refractivity contribution is 0.472. The monoisotopic (exact) mass is 472 g/mol. The number of hydrogen-bond acceptors (Lipinski definition) is 5. The molecule has 2 rings (SSSR count). The summed E-state index contributed by atoms with van der Waals surface area (Å²) in [6.45, 7) is 8.92. The molecule has 7 nitrogen and oxygen atoms in total. The van der Waals surface area contributed by atoms with E-state index in [9.17, 15) is 0 Å². The summed E-state index contributed by atoms with van der Waals surface area (Å²) in [6.07, 6.45) is 3.89. The molecule has 26 heavy (non-hydrogen) atoms. The topological polar surface area (TPSA) is 87.4 Å². The van der Waals surface area contributed by atoms with Gasteiger partial charge >= 0.3 is 0 Å². The molecule has 0 radical (unpaired) electrons. The first-order valence-electron chi connectivity index (χ1n) is 8.79. The Labute approximate surface area is 172 Å². The Morgan fingerprint density at radius 2 is 1.96 bits per heavy atom. The van der Waals surface area contributed by atoms with Gasteiger partial charge in [0, 0.05) is 25.8 Å². The van der Waals surface area contributed by atoms with Crippen molar-refractivity contribution >= 4 is 35.8 Å². The molecule has 0 saturated heterocycles. The number of aryl methyl sites for hydroxylation is 2. The number of nitrogens with one attached hydrogen (secondary N) is 3. The number of unbranched alkanes of at least 4 members (excludes halogenated alkanes) is 1. The van der Waals surface area contributed by atoms with Crippen molar-refractivity contribution in [2.24, 2.45) is 4.99 Å². The Kier molecular flexibility index (Phi) is 10.7. The maximum absolute atomic E-state index is 5.55. The lowest BCUT2D eigenvalue weighted by atomic mass is 10.3. The van der Waals surface area contributed by atoms with Crippen LogP contribution in [-0.4, -0.2) is 35.6 Å². The van der Waals surface area contributed by atoms with Crippen LogP contribution in [0.4, 0.5) is 5.82 Å². The van der Waals surface area contributed by atoms with Crippen LogP contribution in [0.2, 0.25) is 0 Å². The molecule has 0 aromatic carbocycles. The molecular formula is C18H29IN6O. The lowest BCUT2D eigenvalue weighted by Crippen LogP contribution is -2.37. The van der Waals surface area contributed by atoms with Crippen molar-refractivity contribution in [1.82, 2.24) is 20.6 Å². The van der Waals surface area contributed by atoms with Gasteiger partial charge in [-0.2, -0.15) is 0 Å². The number of nitrogens with zero attached hydrogens (tertiary/aromatic N) is 3. The highest BCUT2D eigenvalue weighted by Crippen LogP contribution is 2.08. The maximum atomic E-state index is 5.55. The van der Waals surface area contributed by atoms with Crippen molar-refractivity contribution in [2.45, 2.75) is 40.2 Å². The Morgan fingerprint density at radius 3 is 2.62 bits per heavy atom. The Morgan fingerprint density at radius 1 is 1.15 bits per heavy atom. The number of pyridine rings is 1. The molecule has 3 N–H and O–H groups in total. The number of aliphatic imine (C=N–C) groups is 1. The van der Waals surface area contributed by atoms with Gasteiger partial charge in [0.25, 0.3) is 0 Å². The van der Waals surface area contributed by atoms with Crippen LogP contribution in [0.5, 0.6) is 0 Å². The number of anilines is 1. The van der Waals surface area contributed by atoms with E-state index in [4.69, 9.17) is 4.42 Å². The zero-order valence-electron chi connectivity index (χ0n) is 15.7. The standard InChI is InChI=1S/C18H28N6O.HI/c1-4-19-18(23-13-17-24-14(2)15(3)25-17)22-12-8-7-11-21-16-9-5-6-10-20-16;/h5-6,9-10H,4,7-8,11-13H2,1-3H3,(H,20,21)(H2,19,22,23);1H. The van der Waals surface area contributed by atoms with Gasteiger partial charge in [0.2, 0.25) is 5.89 Å². The van der Waals surface area contributed by atoms with Crippen molar-refractivity contribution in [3.63, 3.8) is 0 Å². The van der Waals surface area contributed by atoms with Crippen LogP contribution in [0, 0.1) is 13.8 Å². The Balaban J connectivity index is 0.00000338. The molecule has 0 bridgehead atoms. The molecular weight excluding hydrogens is 443 g/mol. The fourth-order valence-electron chi connectivity index (χ4n) is 2.24. The van der Waals surface area contributed by atoms with Crippen LogP contribution >= 0.6 is 24.0 Å². The van der Waals surface area contributed by atoms with E-state index >= 15 is 0 Å². The first-order valence-corrected chi connectivity index (χ1v) is 8.79. The summed E-state index contributed by atoms with van der Waals surface area (Å²) in [5.74, 6) is 3.20. The molecule has 0 fully saturated rings. The molecule has 0 atom stereocenters. The maximum Gasteiger partial charge on any atom is 0.216 e. The normalized spacial score (nSPS) is 11.0. The van der Waals surface area contributed by atoms with Crippen LogP contribution in [0.3, 0.4) is 0 Å². The van der Waals surface area contributed by atoms with Gasteiger partial charge in [-0.15, -0.1) is 24.0 Å². The zero-order valence-corrected chi connectivity index (χ0v) is 18.0. The van der Waals surface area contributed by atoms with Crippen molar-refractivity contribution in [3.05, 3.63) is 41.7 Å². The minimum atomic E-state index is 0. The molecule has 0 spiro atoms. The van der Waals surface area contributed by atoms with E-state index in [0.717, 1.165) is 55.7 Å². The molecule has 0 saturated carbocycles. The summed E-state index contributed by atoms with van der Waals surface area (Å²) in [7, 11) is 0. The predicted molar refractivity (Wildman–Crippen MR) is 116 cm³/mol. The van der Waals surface area contributed by atoms with Gasteiger partial charge in [0.05, 0.1) is 5.69 Å². The average molecular weight is 472 g/mol. The van der Waals surface area contributed by atoms with Crippen molar-refractivity contribution < 1.29 is 4.42 Å². The zero-order chi connectivity index (χ0) is 17.9. The number of guanidine groups is 1. The third kappa shape index (κ3) is 8.03. The molecule has 0 unspecified atom stereocenters. The van der Waals surface area contributed by atoms with E-state index in [0.29, 0.717) is 12.4 Å². The van der Waals surface area contributed by atoms with E-state index in [1.165, 1.54) is 0 Å². The smallest absolute Gasteiger partial charge is 0.216 e. The van der Waals surface area contributed by atoms with Crippen LogP contribution < -0.4 is 16.0 Å². The summed E-state index contributed by atoms with van der Waals surface area (Å²) < 4.78 is 5.55. The molecule has 2 aromatic rings. The molecule has 0 amide bonds. The molecule has 144 valence electrons. The highest BCUT2D eigenvalue weighted by atomic mass is 127. The summed E-state index contributed by atoms with van der Waals surface area (Å²) in [4.78, 5) is 13.1. The van der Waals surface area contributed by atoms with E-state index in [-0.39, 0.29) is 24.0 Å². The van der Waals surface area contributed by atoms with Crippen molar-refractivity contribution in [2.75, 3.05) is 25.0 Å². The minimum Gasteiger partial charge on any atom is -0.444 e. The molecule has 2 aromatic heterocycles. The number of aromatic nitrogens is 2. The average Bonchev–Trinajstić information content (AvgIpc) is 2.94. The SMILES string of the molecule is CCNC(=NCc1nc(C)c(C)o1)NCCCCNc1ccccn1.I. The Hall–Kier alpha value is -1.84. The lowest BCUT2D eigenvalue weighted by Gasteiger charge is -2.11. The van der Waals surface area contributed by atoms with Crippen LogP contribution in [0.15, 0.2) is 33.8 Å². The number of hydrogen-bond donors (Lipinski definition) is 3. The van der Waals surface area contributed by atoms with E-state index in [1.807, 2.05) is 39.0 Å². The van der Waals surface area contributed by atoms with E-state index in [2.05, 4.69) is 30.9 Å². The second-order valence-corrected chi connectivity index (χ2v) is 5.72. The fraction of sp³-hybridized carbons (Fsp3) is 0.500. The van der Waals surface area contributed by atoms with Crippen molar-refractivity contribution in [1.29, 1.82) is 0 Å². The largest absolute Gasteiger partial charge is 0.444 e. The molecule has 2 heterocycles. The molecule has 0 aliphatic rings. The quantitative estimate of drug-likeness (QED) is 0.225. The highest BCUT2D eigenvalue weighted by Gasteiger charge is 2.05. The number of oxazole rings is 1. The molecule has 0 aliphatic heterocycles. The first-order chi connectivity index (χ1) is 12.2. The minimum absolute atomic E-state index is 0. The van der Waals surface area contributed by atoms with Gasteiger partial charge in [-0.1, -0.05) is 6.07 Å². The first kappa shape index (κ1) is 22.2. The van der Waals surface area contributed by atoms with Gasteiger partial charge in [-0.25, -0.2) is 15.0 Å². The summed E-state index contributed by atoms with van der Waals surface area (Å²) >= 11 is 0. The third-order valence-electron chi connectivity index (χ3n) is 3.66. The van der Waals surface area contributed by atoms with Crippen LogP contribution in [-0.2, 0) is 6.54 Å². The summed E-state index contributed by atoms with van der Waals surface area (Å²) in [6, 6.07) is 5.87. The van der Waals surface area contributed by atoms with Crippen LogP contribution in [0.25, 0.3) is 0 Å². The predicted octanol–water partition coefficient (Wildman–Crippen LogP) is 3.25. The van der Waals surface area contributed by atoms with Crippen molar-refractivity contribution in [3.8, 4) is 0 Å². The van der Waals surface area contributed by atoms with E-state index in [1.54, 1.807) is 6.20 Å².